The van der Waals surface area contributed by atoms with Crippen LogP contribution >= 0.6 is 31.9 Å². The third-order valence-electron chi connectivity index (χ3n) is 4.34. The van der Waals surface area contributed by atoms with Gasteiger partial charge in [0, 0.05) is 15.1 Å². The molecule has 0 spiro atoms. The Labute approximate surface area is 108 Å². The van der Waals surface area contributed by atoms with Crippen molar-refractivity contribution in [2.75, 3.05) is 13.2 Å². The van der Waals surface area contributed by atoms with Gasteiger partial charge in [-0.15, -0.1) is 0 Å². The van der Waals surface area contributed by atoms with E-state index in [4.69, 9.17) is 0 Å². The molecule has 2 fully saturated rings. The first kappa shape index (κ1) is 12.3. The van der Waals surface area contributed by atoms with Gasteiger partial charge >= 0.3 is 0 Å². The van der Waals surface area contributed by atoms with Crippen LogP contribution in [0, 0.1) is 17.3 Å². The van der Waals surface area contributed by atoms with Crippen molar-refractivity contribution >= 4 is 31.9 Å². The van der Waals surface area contributed by atoms with Gasteiger partial charge < -0.3 is 10.2 Å². The van der Waals surface area contributed by atoms with Crippen LogP contribution in [0.15, 0.2) is 0 Å². The summed E-state index contributed by atoms with van der Waals surface area (Å²) in [6.07, 6.45) is 4.53. The van der Waals surface area contributed by atoms with E-state index >= 15 is 0 Å². The third-order valence-corrected chi connectivity index (χ3v) is 7.24. The number of hydrogen-bond donors (Lipinski definition) is 2. The van der Waals surface area contributed by atoms with Crippen LogP contribution < -0.4 is 0 Å². The number of aliphatic hydroxyl groups excluding tert-OH is 2. The first-order valence-corrected chi connectivity index (χ1v) is 7.48. The van der Waals surface area contributed by atoms with Gasteiger partial charge in [0.05, 0.1) is 13.2 Å². The van der Waals surface area contributed by atoms with Gasteiger partial charge in [-0.2, -0.15) is 0 Å². The maximum absolute atomic E-state index is 9.42. The minimum atomic E-state index is -0.149. The van der Waals surface area contributed by atoms with Gasteiger partial charge in [-0.25, -0.2) is 0 Å². The van der Waals surface area contributed by atoms with Crippen molar-refractivity contribution in [3.05, 3.63) is 0 Å². The van der Waals surface area contributed by atoms with E-state index in [1.165, 1.54) is 0 Å². The van der Waals surface area contributed by atoms with Crippen LogP contribution in [0.1, 0.15) is 25.7 Å². The molecule has 15 heavy (non-hydrogen) atoms. The van der Waals surface area contributed by atoms with E-state index in [1.807, 2.05) is 0 Å². The van der Waals surface area contributed by atoms with Crippen molar-refractivity contribution in [3.8, 4) is 0 Å². The topological polar surface area (TPSA) is 40.5 Å². The average molecular weight is 342 g/mol. The van der Waals surface area contributed by atoms with Crippen molar-refractivity contribution in [1.29, 1.82) is 0 Å². The molecule has 0 aromatic rings. The molecule has 2 aliphatic rings. The summed E-state index contributed by atoms with van der Waals surface area (Å²) in [5, 5.41) is 18.8. The predicted molar refractivity (Wildman–Crippen MR) is 67.5 cm³/mol. The lowest BCUT2D eigenvalue weighted by Crippen LogP contribution is -2.16. The van der Waals surface area contributed by atoms with Crippen molar-refractivity contribution in [3.63, 3.8) is 0 Å². The number of hydrogen-bond acceptors (Lipinski definition) is 2. The Morgan fingerprint density at radius 3 is 1.60 bits per heavy atom. The minimum Gasteiger partial charge on any atom is -0.396 e. The Hall–Kier alpha value is 0.880. The Kier molecular flexibility index (Phi) is 3.81. The number of rotatable bonds is 2. The lowest BCUT2D eigenvalue weighted by atomic mass is 10.0. The number of alkyl halides is 2. The smallest absolute Gasteiger partial charge is 0.0514 e. The highest BCUT2D eigenvalue weighted by atomic mass is 79.9. The highest BCUT2D eigenvalue weighted by Crippen LogP contribution is 2.63. The SMILES string of the molecule is OCC1(CO)[C@@H]2CC[C@H](Br)[C@H](Br)CC[C@@H]21. The van der Waals surface area contributed by atoms with Gasteiger partial charge in [-0.3, -0.25) is 0 Å². The normalized spacial score (nSPS) is 44.0. The van der Waals surface area contributed by atoms with Gasteiger partial charge in [0.15, 0.2) is 0 Å². The summed E-state index contributed by atoms with van der Waals surface area (Å²) in [7, 11) is 0. The molecule has 2 aliphatic carbocycles. The van der Waals surface area contributed by atoms with Crippen molar-refractivity contribution in [2.24, 2.45) is 17.3 Å². The van der Waals surface area contributed by atoms with Crippen LogP contribution in [-0.4, -0.2) is 33.1 Å². The Morgan fingerprint density at radius 2 is 1.27 bits per heavy atom. The average Bonchev–Trinajstić information content (AvgIpc) is 2.87. The maximum atomic E-state index is 9.42. The van der Waals surface area contributed by atoms with Crippen LogP contribution in [0.25, 0.3) is 0 Å². The quantitative estimate of drug-likeness (QED) is 0.757. The van der Waals surface area contributed by atoms with E-state index in [-0.39, 0.29) is 18.6 Å². The zero-order chi connectivity index (χ0) is 11.1. The molecule has 2 N–H and O–H groups in total. The lowest BCUT2D eigenvalue weighted by molar-refractivity contribution is 0.111. The fourth-order valence-corrected chi connectivity index (χ4v) is 4.26. The molecular weight excluding hydrogens is 324 g/mol. The molecule has 0 heterocycles. The van der Waals surface area contributed by atoms with Crippen molar-refractivity contribution in [1.82, 2.24) is 0 Å². The van der Waals surface area contributed by atoms with E-state index in [1.54, 1.807) is 0 Å². The summed E-state index contributed by atoms with van der Waals surface area (Å²) < 4.78 is 0. The zero-order valence-electron chi connectivity index (χ0n) is 8.70. The zero-order valence-corrected chi connectivity index (χ0v) is 11.9. The van der Waals surface area contributed by atoms with Crippen LogP contribution in [-0.2, 0) is 0 Å². The first-order valence-electron chi connectivity index (χ1n) is 5.65. The molecule has 0 unspecified atom stereocenters. The molecule has 0 amide bonds. The van der Waals surface area contributed by atoms with E-state index < -0.39 is 0 Å². The van der Waals surface area contributed by atoms with Crippen LogP contribution in [0.2, 0.25) is 0 Å². The Morgan fingerprint density at radius 1 is 0.867 bits per heavy atom. The van der Waals surface area contributed by atoms with Crippen LogP contribution in [0.3, 0.4) is 0 Å². The highest BCUT2D eigenvalue weighted by molar-refractivity contribution is 9.12. The van der Waals surface area contributed by atoms with Crippen LogP contribution in [0.5, 0.6) is 0 Å². The predicted octanol–water partition coefficient (Wildman–Crippen LogP) is 2.30. The summed E-state index contributed by atoms with van der Waals surface area (Å²) in [6, 6.07) is 0. The fourth-order valence-electron chi connectivity index (χ4n) is 3.21. The van der Waals surface area contributed by atoms with Gasteiger partial charge in [0.2, 0.25) is 0 Å². The second-order valence-corrected chi connectivity index (χ2v) is 7.30. The molecule has 0 aromatic carbocycles. The standard InChI is InChI=1S/C11H18Br2O2/c12-9-3-1-7-8(2-4-10(9)13)11(7,5-14)6-15/h7-10,14-15H,1-6H2/t7-,8+,9+,10-. The van der Waals surface area contributed by atoms with E-state index in [0.29, 0.717) is 21.5 Å². The fraction of sp³-hybridized carbons (Fsp3) is 1.00. The molecular formula is C11H18Br2O2. The molecule has 2 rings (SSSR count). The second kappa shape index (κ2) is 4.63. The molecule has 2 nitrogen and oxygen atoms in total. The molecule has 0 bridgehead atoms. The highest BCUT2D eigenvalue weighted by Gasteiger charge is 2.62. The molecule has 88 valence electrons. The van der Waals surface area contributed by atoms with Gasteiger partial charge in [0.1, 0.15) is 0 Å². The van der Waals surface area contributed by atoms with Gasteiger partial charge in [-0.1, -0.05) is 31.9 Å². The number of aliphatic hydroxyl groups is 2. The third kappa shape index (κ3) is 2.03. The first-order chi connectivity index (χ1) is 7.15. The molecule has 0 aliphatic heterocycles. The molecule has 4 heteroatoms. The number of halogens is 2. The molecule has 2 saturated carbocycles. The van der Waals surface area contributed by atoms with Gasteiger partial charge in [0.25, 0.3) is 0 Å². The van der Waals surface area contributed by atoms with Crippen molar-refractivity contribution < 1.29 is 10.2 Å². The van der Waals surface area contributed by atoms with Gasteiger partial charge in [-0.05, 0) is 37.5 Å². The summed E-state index contributed by atoms with van der Waals surface area (Å²) in [5.41, 5.74) is -0.149. The van der Waals surface area contributed by atoms with Crippen molar-refractivity contribution in [2.45, 2.75) is 35.3 Å². The second-order valence-electron chi connectivity index (χ2n) is 4.95. The Balaban J connectivity index is 2.03. The monoisotopic (exact) mass is 340 g/mol. The molecule has 0 radical (unpaired) electrons. The lowest BCUT2D eigenvalue weighted by Gasteiger charge is -2.18. The summed E-state index contributed by atoms with van der Waals surface area (Å²) in [4.78, 5) is 1.07. The molecule has 0 aromatic heterocycles. The van der Waals surface area contributed by atoms with Crippen LogP contribution in [0.4, 0.5) is 0 Å². The van der Waals surface area contributed by atoms with E-state index in [9.17, 15) is 10.2 Å². The summed E-state index contributed by atoms with van der Waals surface area (Å²) in [5.74, 6) is 1.10. The summed E-state index contributed by atoms with van der Waals surface area (Å²) >= 11 is 7.39. The number of fused-ring (bicyclic) bond motifs is 1. The maximum Gasteiger partial charge on any atom is 0.0514 e. The molecule has 4 atom stereocenters. The van der Waals surface area contributed by atoms with E-state index in [2.05, 4.69) is 31.9 Å². The van der Waals surface area contributed by atoms with E-state index in [0.717, 1.165) is 25.7 Å². The summed E-state index contributed by atoms with van der Waals surface area (Å²) in [6.45, 7) is 0.303. The molecule has 0 saturated heterocycles. The Bertz CT molecular complexity index is 211. The minimum absolute atomic E-state index is 0.149. The largest absolute Gasteiger partial charge is 0.396 e.